The van der Waals surface area contributed by atoms with Crippen LogP contribution in [0.15, 0.2) is 30.3 Å². The van der Waals surface area contributed by atoms with Gasteiger partial charge in [-0.3, -0.25) is 0 Å². The van der Waals surface area contributed by atoms with Crippen molar-refractivity contribution in [3.63, 3.8) is 0 Å². The van der Waals surface area contributed by atoms with E-state index >= 15 is 0 Å². The molecule has 0 bridgehead atoms. The molecule has 164 valence electrons. The molecular weight excluding hydrogens is 427 g/mol. The van der Waals surface area contributed by atoms with E-state index in [1.807, 2.05) is 30.3 Å². The van der Waals surface area contributed by atoms with Crippen LogP contribution in [0.1, 0.15) is 43.2 Å². The van der Waals surface area contributed by atoms with E-state index in [2.05, 4.69) is 6.92 Å². The quantitative estimate of drug-likeness (QED) is 0.451. The van der Waals surface area contributed by atoms with E-state index in [-0.39, 0.29) is 0 Å². The summed E-state index contributed by atoms with van der Waals surface area (Å²) < 4.78 is 28.8. The highest BCUT2D eigenvalue weighted by molar-refractivity contribution is 6.42. The number of benzene rings is 2. The topological polar surface area (TPSA) is 46.2 Å². The van der Waals surface area contributed by atoms with Gasteiger partial charge in [0, 0.05) is 12.0 Å². The highest BCUT2D eigenvalue weighted by Crippen LogP contribution is 2.46. The molecule has 0 aliphatic carbocycles. The van der Waals surface area contributed by atoms with Crippen molar-refractivity contribution in [2.24, 2.45) is 0 Å². The molecule has 0 saturated carbocycles. The van der Waals surface area contributed by atoms with Gasteiger partial charge in [-0.15, -0.1) is 0 Å². The summed E-state index contributed by atoms with van der Waals surface area (Å²) >= 11 is 12.3. The van der Waals surface area contributed by atoms with Crippen LogP contribution in [0.3, 0.4) is 0 Å². The normalized spacial score (nSPS) is 16.3. The minimum atomic E-state index is -0.865. The molecule has 1 saturated heterocycles. The van der Waals surface area contributed by atoms with Crippen LogP contribution >= 0.6 is 23.2 Å². The first-order valence-corrected chi connectivity index (χ1v) is 10.8. The van der Waals surface area contributed by atoms with Crippen LogP contribution in [-0.2, 0) is 15.3 Å². The Hall–Kier alpha value is -1.66. The lowest BCUT2D eigenvalue weighted by Gasteiger charge is -2.30. The molecule has 1 atom stereocenters. The third-order valence-corrected chi connectivity index (χ3v) is 6.33. The van der Waals surface area contributed by atoms with Crippen LogP contribution < -0.4 is 14.2 Å². The summed E-state index contributed by atoms with van der Waals surface area (Å²) in [6, 6.07) is 9.62. The number of halogens is 2. The van der Waals surface area contributed by atoms with Gasteiger partial charge in [0.25, 0.3) is 0 Å². The van der Waals surface area contributed by atoms with Gasteiger partial charge < -0.3 is 23.7 Å². The Bertz CT molecular complexity index is 840. The van der Waals surface area contributed by atoms with Crippen molar-refractivity contribution >= 4 is 23.2 Å². The van der Waals surface area contributed by atoms with Gasteiger partial charge in [-0.05, 0) is 48.6 Å². The van der Waals surface area contributed by atoms with Gasteiger partial charge in [0.1, 0.15) is 0 Å². The second-order valence-corrected chi connectivity index (χ2v) is 8.00. The van der Waals surface area contributed by atoms with E-state index < -0.39 is 5.79 Å². The van der Waals surface area contributed by atoms with Crippen molar-refractivity contribution in [1.82, 2.24) is 0 Å². The molecule has 1 aliphatic rings. The molecule has 0 N–H and O–H groups in total. The fourth-order valence-electron chi connectivity index (χ4n) is 3.95. The predicted molar refractivity (Wildman–Crippen MR) is 118 cm³/mol. The maximum Gasteiger partial charge on any atom is 0.203 e. The summed E-state index contributed by atoms with van der Waals surface area (Å²) in [5.41, 5.74) is 2.00. The lowest BCUT2D eigenvalue weighted by atomic mass is 9.88. The maximum absolute atomic E-state index is 6.24. The third kappa shape index (κ3) is 4.65. The molecule has 0 radical (unpaired) electrons. The molecule has 1 unspecified atom stereocenters. The van der Waals surface area contributed by atoms with Crippen LogP contribution in [0.2, 0.25) is 10.0 Å². The van der Waals surface area contributed by atoms with Crippen LogP contribution in [0.5, 0.6) is 17.2 Å². The molecule has 0 amide bonds. The zero-order valence-corrected chi connectivity index (χ0v) is 19.3. The van der Waals surface area contributed by atoms with Gasteiger partial charge in [0.05, 0.1) is 44.6 Å². The van der Waals surface area contributed by atoms with Crippen molar-refractivity contribution in [1.29, 1.82) is 0 Å². The monoisotopic (exact) mass is 454 g/mol. The molecule has 2 aromatic rings. The third-order valence-electron chi connectivity index (χ3n) is 5.59. The average molecular weight is 455 g/mol. The molecule has 7 heteroatoms. The summed E-state index contributed by atoms with van der Waals surface area (Å²) in [5, 5.41) is 1.13. The summed E-state index contributed by atoms with van der Waals surface area (Å²) in [6.07, 6.45) is 2.48. The van der Waals surface area contributed by atoms with Crippen molar-refractivity contribution < 1.29 is 23.7 Å². The molecule has 2 aromatic carbocycles. The molecule has 1 aliphatic heterocycles. The van der Waals surface area contributed by atoms with E-state index in [0.717, 1.165) is 24.0 Å². The Kier molecular flexibility index (Phi) is 7.75. The second-order valence-electron chi connectivity index (χ2n) is 7.18. The Morgan fingerprint density at radius 3 is 2.07 bits per heavy atom. The van der Waals surface area contributed by atoms with Gasteiger partial charge in [0.15, 0.2) is 17.3 Å². The number of hydrogen-bond donors (Lipinski definition) is 0. The molecular formula is C23H28Cl2O5. The number of ether oxygens (including phenoxy) is 5. The Morgan fingerprint density at radius 2 is 1.57 bits per heavy atom. The minimum Gasteiger partial charge on any atom is -0.493 e. The number of hydrogen-bond acceptors (Lipinski definition) is 5. The highest BCUT2D eigenvalue weighted by atomic mass is 35.5. The molecule has 30 heavy (non-hydrogen) atoms. The number of rotatable bonds is 9. The molecule has 3 rings (SSSR count). The first-order valence-electron chi connectivity index (χ1n) is 10.0. The Morgan fingerprint density at radius 1 is 0.933 bits per heavy atom. The molecule has 1 fully saturated rings. The smallest absolute Gasteiger partial charge is 0.203 e. The predicted octanol–water partition coefficient (Wildman–Crippen LogP) is 6.19. The maximum atomic E-state index is 6.24. The summed E-state index contributed by atoms with van der Waals surface area (Å²) in [6.45, 7) is 3.22. The van der Waals surface area contributed by atoms with Crippen molar-refractivity contribution in [3.05, 3.63) is 51.5 Å². The van der Waals surface area contributed by atoms with E-state index in [1.54, 1.807) is 21.3 Å². The van der Waals surface area contributed by atoms with E-state index in [1.165, 1.54) is 0 Å². The van der Waals surface area contributed by atoms with Gasteiger partial charge in [-0.25, -0.2) is 0 Å². The van der Waals surface area contributed by atoms with Crippen LogP contribution in [-0.4, -0.2) is 34.5 Å². The SMILES string of the molecule is CCC(CCC1(c2cc(OC)c(OC)c(OC)c2)OCCO1)c1ccc(Cl)c(Cl)c1. The Balaban J connectivity index is 1.90. The standard InChI is InChI=1S/C23H28Cl2O5/c1-5-15(16-6-7-18(24)19(25)12-16)8-9-23(29-10-11-30-23)17-13-20(26-2)22(28-4)21(14-17)27-3/h6-7,12-15H,5,8-11H2,1-4H3. The fraction of sp³-hybridized carbons (Fsp3) is 0.478. The zero-order valence-electron chi connectivity index (χ0n) is 17.8. The molecule has 5 nitrogen and oxygen atoms in total. The molecule has 0 spiro atoms. The van der Waals surface area contributed by atoms with E-state index in [9.17, 15) is 0 Å². The largest absolute Gasteiger partial charge is 0.493 e. The van der Waals surface area contributed by atoms with Crippen LogP contribution in [0.4, 0.5) is 0 Å². The summed E-state index contributed by atoms with van der Waals surface area (Å²) in [7, 11) is 4.78. The second kappa shape index (κ2) is 10.1. The van der Waals surface area contributed by atoms with E-state index in [4.69, 9.17) is 46.9 Å². The molecule has 1 heterocycles. The van der Waals surface area contributed by atoms with Crippen molar-refractivity contribution in [3.8, 4) is 17.2 Å². The van der Waals surface area contributed by atoms with Crippen molar-refractivity contribution in [2.75, 3.05) is 34.5 Å². The summed E-state index contributed by atoms with van der Waals surface area (Å²) in [4.78, 5) is 0. The number of methoxy groups -OCH3 is 3. The Labute approximate surface area is 188 Å². The zero-order chi connectivity index (χ0) is 21.7. The first-order chi connectivity index (χ1) is 14.5. The van der Waals surface area contributed by atoms with Gasteiger partial charge in [0.2, 0.25) is 5.75 Å². The van der Waals surface area contributed by atoms with Gasteiger partial charge in [-0.2, -0.15) is 0 Å². The highest BCUT2D eigenvalue weighted by Gasteiger charge is 2.40. The summed E-state index contributed by atoms with van der Waals surface area (Å²) in [5.74, 6) is 1.12. The first kappa shape index (κ1) is 23.0. The fourth-order valence-corrected chi connectivity index (χ4v) is 4.25. The molecule has 0 aromatic heterocycles. The lowest BCUT2D eigenvalue weighted by Crippen LogP contribution is -2.28. The van der Waals surface area contributed by atoms with Crippen LogP contribution in [0.25, 0.3) is 0 Å². The van der Waals surface area contributed by atoms with E-state index in [0.29, 0.717) is 52.8 Å². The minimum absolute atomic E-state index is 0.298. The van der Waals surface area contributed by atoms with Gasteiger partial charge in [-0.1, -0.05) is 36.2 Å². The average Bonchev–Trinajstić information content (AvgIpc) is 3.25. The van der Waals surface area contributed by atoms with Gasteiger partial charge >= 0.3 is 0 Å². The van der Waals surface area contributed by atoms with Crippen molar-refractivity contribution in [2.45, 2.75) is 37.9 Å². The van der Waals surface area contributed by atoms with Crippen LogP contribution in [0, 0.1) is 0 Å². The lowest BCUT2D eigenvalue weighted by molar-refractivity contribution is -0.172.